The van der Waals surface area contributed by atoms with E-state index in [1.165, 1.54) is 0 Å². The van der Waals surface area contributed by atoms with E-state index < -0.39 is 10.0 Å². The van der Waals surface area contributed by atoms with Crippen LogP contribution in [-0.2, 0) is 22.3 Å². The second-order valence-electron chi connectivity index (χ2n) is 6.95. The molecule has 7 heteroatoms. The van der Waals surface area contributed by atoms with Gasteiger partial charge in [-0.3, -0.25) is 4.99 Å². The fourth-order valence-electron chi connectivity index (χ4n) is 2.14. The molecule has 142 valence electrons. The van der Waals surface area contributed by atoms with Crippen LogP contribution in [0.15, 0.2) is 29.3 Å². The fourth-order valence-corrected chi connectivity index (χ4v) is 3.57. The lowest BCUT2D eigenvalue weighted by atomic mass is 10.1. The van der Waals surface area contributed by atoms with Crippen molar-refractivity contribution in [2.24, 2.45) is 10.9 Å². The Bertz CT molecular complexity index is 652. The molecule has 0 amide bonds. The summed E-state index contributed by atoms with van der Waals surface area (Å²) in [6, 6.07) is 7.80. The summed E-state index contributed by atoms with van der Waals surface area (Å²) in [6.07, 6.45) is 0. The standard InChI is InChI=1S/C18H32N4O2S/c1-13(2)15(5)21-18(19-6)20-11-16-7-9-17(10-8-16)12-25(23,24)22-14(3)4/h7-10,13-15,22H,11-12H2,1-6H3,(H2,19,20,21). The van der Waals surface area contributed by atoms with Gasteiger partial charge in [0.25, 0.3) is 0 Å². The van der Waals surface area contributed by atoms with Crippen molar-refractivity contribution < 1.29 is 8.42 Å². The Hall–Kier alpha value is -1.60. The van der Waals surface area contributed by atoms with Crippen molar-refractivity contribution in [1.82, 2.24) is 15.4 Å². The Kier molecular flexibility index (Phi) is 8.38. The lowest BCUT2D eigenvalue weighted by molar-refractivity contribution is 0.481. The van der Waals surface area contributed by atoms with Gasteiger partial charge in [0.15, 0.2) is 5.96 Å². The Morgan fingerprint density at radius 2 is 1.60 bits per heavy atom. The molecule has 0 aromatic heterocycles. The molecule has 3 N–H and O–H groups in total. The average Bonchev–Trinajstić information content (AvgIpc) is 2.50. The molecule has 0 aliphatic heterocycles. The van der Waals surface area contributed by atoms with Crippen LogP contribution in [0.1, 0.15) is 45.7 Å². The van der Waals surface area contributed by atoms with Crippen LogP contribution in [0.25, 0.3) is 0 Å². The van der Waals surface area contributed by atoms with Crippen LogP contribution in [0.4, 0.5) is 0 Å². The van der Waals surface area contributed by atoms with Crippen molar-refractivity contribution in [2.75, 3.05) is 7.05 Å². The van der Waals surface area contributed by atoms with Crippen LogP contribution >= 0.6 is 0 Å². The maximum absolute atomic E-state index is 12.0. The second kappa shape index (κ2) is 9.77. The van der Waals surface area contributed by atoms with E-state index in [2.05, 4.69) is 41.1 Å². The predicted octanol–water partition coefficient (Wildman–Crippen LogP) is 2.22. The van der Waals surface area contributed by atoms with Gasteiger partial charge in [0.2, 0.25) is 10.0 Å². The molecule has 1 unspecified atom stereocenters. The summed E-state index contributed by atoms with van der Waals surface area (Å²) < 4.78 is 26.5. The van der Waals surface area contributed by atoms with E-state index in [1.54, 1.807) is 7.05 Å². The third-order valence-corrected chi connectivity index (χ3v) is 5.39. The van der Waals surface area contributed by atoms with Crippen molar-refractivity contribution in [3.63, 3.8) is 0 Å². The Balaban J connectivity index is 2.59. The number of benzene rings is 1. The van der Waals surface area contributed by atoms with Crippen LogP contribution in [0, 0.1) is 5.92 Å². The summed E-state index contributed by atoms with van der Waals surface area (Å²) in [5.41, 5.74) is 1.84. The van der Waals surface area contributed by atoms with Gasteiger partial charge in [-0.25, -0.2) is 13.1 Å². The molecule has 0 saturated heterocycles. The maximum Gasteiger partial charge on any atom is 0.216 e. The molecule has 25 heavy (non-hydrogen) atoms. The van der Waals surface area contributed by atoms with E-state index in [0.29, 0.717) is 18.5 Å². The lowest BCUT2D eigenvalue weighted by Crippen LogP contribution is -2.43. The van der Waals surface area contributed by atoms with E-state index in [1.807, 2.05) is 38.1 Å². The topological polar surface area (TPSA) is 82.6 Å². The molecule has 6 nitrogen and oxygen atoms in total. The minimum absolute atomic E-state index is 0.00594. The maximum atomic E-state index is 12.0. The highest BCUT2D eigenvalue weighted by molar-refractivity contribution is 7.88. The molecule has 0 fully saturated rings. The van der Waals surface area contributed by atoms with Crippen molar-refractivity contribution in [3.8, 4) is 0 Å². The molecular weight excluding hydrogens is 336 g/mol. The van der Waals surface area contributed by atoms with Crippen LogP contribution < -0.4 is 15.4 Å². The minimum Gasteiger partial charge on any atom is -0.354 e. The number of sulfonamides is 1. The first-order valence-corrected chi connectivity index (χ1v) is 10.3. The largest absolute Gasteiger partial charge is 0.354 e. The summed E-state index contributed by atoms with van der Waals surface area (Å²) in [5, 5.41) is 6.62. The van der Waals surface area contributed by atoms with Crippen LogP contribution in [-0.4, -0.2) is 33.5 Å². The quantitative estimate of drug-likeness (QED) is 0.485. The molecule has 1 atom stereocenters. The first-order chi connectivity index (χ1) is 11.6. The first-order valence-electron chi connectivity index (χ1n) is 8.68. The molecule has 0 aliphatic rings. The normalized spacial score (nSPS) is 14.0. The third-order valence-electron chi connectivity index (χ3n) is 3.84. The second-order valence-corrected chi connectivity index (χ2v) is 8.70. The molecule has 0 bridgehead atoms. The van der Waals surface area contributed by atoms with E-state index in [0.717, 1.165) is 17.1 Å². The lowest BCUT2D eigenvalue weighted by Gasteiger charge is -2.20. The van der Waals surface area contributed by atoms with E-state index in [4.69, 9.17) is 0 Å². The zero-order valence-electron chi connectivity index (χ0n) is 16.1. The number of aliphatic imine (C=N–C) groups is 1. The Labute approximate surface area is 152 Å². The molecule has 0 aliphatic carbocycles. The van der Waals surface area contributed by atoms with Crippen LogP contribution in [0.3, 0.4) is 0 Å². The highest BCUT2D eigenvalue weighted by atomic mass is 32.2. The summed E-state index contributed by atoms with van der Waals surface area (Å²) >= 11 is 0. The monoisotopic (exact) mass is 368 g/mol. The summed E-state index contributed by atoms with van der Waals surface area (Å²) in [7, 11) is -1.54. The number of hydrogen-bond donors (Lipinski definition) is 3. The average molecular weight is 369 g/mol. The van der Waals surface area contributed by atoms with Crippen molar-refractivity contribution >= 4 is 16.0 Å². The van der Waals surface area contributed by atoms with Crippen molar-refractivity contribution in [2.45, 2.75) is 59.0 Å². The minimum atomic E-state index is -3.29. The Morgan fingerprint density at radius 3 is 2.08 bits per heavy atom. The van der Waals surface area contributed by atoms with E-state index in [9.17, 15) is 8.42 Å². The van der Waals surface area contributed by atoms with E-state index >= 15 is 0 Å². The zero-order chi connectivity index (χ0) is 19.0. The SMILES string of the molecule is CN=C(NCc1ccc(CS(=O)(=O)NC(C)C)cc1)NC(C)C(C)C. The van der Waals surface area contributed by atoms with E-state index in [-0.39, 0.29) is 11.8 Å². The van der Waals surface area contributed by atoms with Gasteiger partial charge in [-0.05, 0) is 37.8 Å². The summed E-state index contributed by atoms with van der Waals surface area (Å²) in [6.45, 7) is 10.7. The van der Waals surface area contributed by atoms with Crippen LogP contribution in [0.2, 0.25) is 0 Å². The number of hydrogen-bond acceptors (Lipinski definition) is 3. The third kappa shape index (κ3) is 8.36. The van der Waals surface area contributed by atoms with Gasteiger partial charge in [-0.15, -0.1) is 0 Å². The van der Waals surface area contributed by atoms with Gasteiger partial charge in [0.05, 0.1) is 5.75 Å². The zero-order valence-corrected chi connectivity index (χ0v) is 16.9. The molecule has 0 saturated carbocycles. The number of rotatable bonds is 8. The molecule has 1 aromatic rings. The molecule has 0 spiro atoms. The first kappa shape index (κ1) is 21.4. The van der Waals surface area contributed by atoms with Gasteiger partial charge in [0, 0.05) is 25.7 Å². The molecular formula is C18H32N4O2S. The Morgan fingerprint density at radius 1 is 1.04 bits per heavy atom. The molecule has 0 heterocycles. The molecule has 1 aromatic carbocycles. The fraction of sp³-hybridized carbons (Fsp3) is 0.611. The molecule has 1 rings (SSSR count). The van der Waals surface area contributed by atoms with Crippen molar-refractivity contribution in [3.05, 3.63) is 35.4 Å². The van der Waals surface area contributed by atoms with Gasteiger partial charge in [-0.2, -0.15) is 0 Å². The summed E-state index contributed by atoms with van der Waals surface area (Å²) in [5.74, 6) is 1.27. The predicted molar refractivity (Wildman–Crippen MR) is 105 cm³/mol. The number of guanidine groups is 1. The highest BCUT2D eigenvalue weighted by Crippen LogP contribution is 2.08. The number of nitrogens with zero attached hydrogens (tertiary/aromatic N) is 1. The van der Waals surface area contributed by atoms with Gasteiger partial charge < -0.3 is 10.6 Å². The molecule has 0 radical (unpaired) electrons. The highest BCUT2D eigenvalue weighted by Gasteiger charge is 2.13. The van der Waals surface area contributed by atoms with Gasteiger partial charge in [0.1, 0.15) is 0 Å². The van der Waals surface area contributed by atoms with Gasteiger partial charge in [-0.1, -0.05) is 38.1 Å². The van der Waals surface area contributed by atoms with Crippen LogP contribution in [0.5, 0.6) is 0 Å². The van der Waals surface area contributed by atoms with Crippen molar-refractivity contribution in [1.29, 1.82) is 0 Å². The summed E-state index contributed by atoms with van der Waals surface area (Å²) in [4.78, 5) is 4.23. The number of nitrogens with one attached hydrogen (secondary N) is 3. The smallest absolute Gasteiger partial charge is 0.216 e. The van der Waals surface area contributed by atoms with Gasteiger partial charge >= 0.3 is 0 Å².